The van der Waals surface area contributed by atoms with Gasteiger partial charge in [0, 0.05) is 23.5 Å². The molecule has 1 atom stereocenters. The monoisotopic (exact) mass is 389 g/mol. The Balaban J connectivity index is 1.56. The molecule has 3 aromatic rings. The third-order valence-electron chi connectivity index (χ3n) is 5.56. The molecule has 150 valence electrons. The molecule has 0 unspecified atom stereocenters. The van der Waals surface area contributed by atoms with Crippen molar-refractivity contribution in [1.29, 1.82) is 0 Å². The van der Waals surface area contributed by atoms with E-state index in [0.29, 0.717) is 18.0 Å². The maximum atomic E-state index is 13.1. The summed E-state index contributed by atoms with van der Waals surface area (Å²) in [4.78, 5) is 20.0. The Kier molecular flexibility index (Phi) is 5.49. The molecule has 1 saturated carbocycles. The number of likely N-dealkylation sites (N-methyl/N-ethyl adjacent to an activating group) is 1. The highest BCUT2D eigenvalue weighted by atomic mass is 16.5. The van der Waals surface area contributed by atoms with Gasteiger partial charge in [-0.25, -0.2) is 0 Å². The van der Waals surface area contributed by atoms with E-state index in [4.69, 9.17) is 9.72 Å². The highest BCUT2D eigenvalue weighted by Crippen LogP contribution is 2.40. The number of rotatable bonds is 7. The third-order valence-corrected chi connectivity index (χ3v) is 5.56. The number of methoxy groups -OCH3 is 1. The van der Waals surface area contributed by atoms with Crippen LogP contribution in [0.25, 0.3) is 10.9 Å². The minimum atomic E-state index is -0.0501. The van der Waals surface area contributed by atoms with Crippen molar-refractivity contribution in [1.82, 2.24) is 15.2 Å². The first-order chi connectivity index (χ1) is 14.1. The molecule has 1 aromatic heterocycles. The van der Waals surface area contributed by atoms with Crippen LogP contribution in [0.1, 0.15) is 46.4 Å². The average molecular weight is 389 g/mol. The summed E-state index contributed by atoms with van der Waals surface area (Å²) in [6, 6.07) is 17.9. The number of para-hydroxylation sites is 1. The minimum absolute atomic E-state index is 0.0501. The molecular formula is C24H27N3O2. The summed E-state index contributed by atoms with van der Waals surface area (Å²) in [7, 11) is 5.70. The maximum Gasteiger partial charge on any atom is 0.252 e. The number of carbonyl (C=O) groups excluding carboxylic acids is 1. The summed E-state index contributed by atoms with van der Waals surface area (Å²) >= 11 is 0. The van der Waals surface area contributed by atoms with E-state index in [2.05, 4.69) is 10.2 Å². The Morgan fingerprint density at radius 2 is 1.90 bits per heavy atom. The first kappa shape index (κ1) is 19.4. The number of nitrogens with zero attached hydrogens (tertiary/aromatic N) is 2. The molecular weight excluding hydrogens is 362 g/mol. The van der Waals surface area contributed by atoms with Crippen molar-refractivity contribution in [2.75, 3.05) is 27.7 Å². The van der Waals surface area contributed by atoms with Gasteiger partial charge in [-0.15, -0.1) is 0 Å². The molecule has 29 heavy (non-hydrogen) atoms. The van der Waals surface area contributed by atoms with Gasteiger partial charge in [0.1, 0.15) is 5.75 Å². The lowest BCUT2D eigenvalue weighted by molar-refractivity contribution is 0.0943. The van der Waals surface area contributed by atoms with Gasteiger partial charge in [-0.2, -0.15) is 0 Å². The van der Waals surface area contributed by atoms with Crippen LogP contribution in [0, 0.1) is 0 Å². The van der Waals surface area contributed by atoms with E-state index < -0.39 is 0 Å². The molecule has 1 N–H and O–H groups in total. The van der Waals surface area contributed by atoms with Crippen LogP contribution >= 0.6 is 0 Å². The highest BCUT2D eigenvalue weighted by molar-refractivity contribution is 6.06. The molecule has 5 nitrogen and oxygen atoms in total. The molecule has 0 bridgehead atoms. The second-order valence-corrected chi connectivity index (χ2v) is 7.85. The fourth-order valence-electron chi connectivity index (χ4n) is 3.68. The van der Waals surface area contributed by atoms with E-state index >= 15 is 0 Å². The summed E-state index contributed by atoms with van der Waals surface area (Å²) in [5.41, 5.74) is 3.77. The number of fused-ring (bicyclic) bond motifs is 1. The molecule has 1 aliphatic carbocycles. The summed E-state index contributed by atoms with van der Waals surface area (Å²) in [5.74, 6) is 1.27. The van der Waals surface area contributed by atoms with Crippen molar-refractivity contribution in [2.45, 2.75) is 24.8 Å². The standard InChI is InChI=1S/C24H27N3O2/c1-27(2)23(17-10-12-18(29-3)13-11-17)15-25-24(28)20-14-22(16-8-9-16)26-21-7-5-4-6-19(20)21/h4-7,10-14,16,23H,8-9,15H2,1-3H3,(H,25,28)/t23-/m1/s1. The van der Waals surface area contributed by atoms with E-state index in [-0.39, 0.29) is 11.9 Å². The summed E-state index contributed by atoms with van der Waals surface area (Å²) in [6.45, 7) is 0.521. The highest BCUT2D eigenvalue weighted by Gasteiger charge is 2.27. The van der Waals surface area contributed by atoms with Crippen molar-refractivity contribution < 1.29 is 9.53 Å². The SMILES string of the molecule is COc1ccc([C@@H](CNC(=O)c2cc(C3CC3)nc3ccccc23)N(C)C)cc1. The van der Waals surface area contributed by atoms with Gasteiger partial charge in [0.25, 0.3) is 5.91 Å². The Labute approximate surface area is 171 Å². The number of pyridine rings is 1. The Hall–Kier alpha value is -2.92. The van der Waals surface area contributed by atoms with Crippen LogP contribution in [-0.4, -0.2) is 43.5 Å². The zero-order chi connectivity index (χ0) is 20.4. The predicted molar refractivity (Wildman–Crippen MR) is 115 cm³/mol. The van der Waals surface area contributed by atoms with Crippen molar-refractivity contribution >= 4 is 16.8 Å². The number of benzene rings is 2. The number of hydrogen-bond donors (Lipinski definition) is 1. The fourth-order valence-corrected chi connectivity index (χ4v) is 3.68. The molecule has 4 rings (SSSR count). The lowest BCUT2D eigenvalue weighted by Gasteiger charge is -2.25. The number of ether oxygens (including phenoxy) is 1. The number of aromatic nitrogens is 1. The predicted octanol–water partition coefficient (Wildman–Crippen LogP) is 4.15. The van der Waals surface area contributed by atoms with Gasteiger partial charge in [-0.05, 0) is 56.8 Å². The van der Waals surface area contributed by atoms with Gasteiger partial charge >= 0.3 is 0 Å². The quantitative estimate of drug-likeness (QED) is 0.659. The van der Waals surface area contributed by atoms with Gasteiger partial charge < -0.3 is 15.0 Å². The van der Waals surface area contributed by atoms with E-state index in [1.807, 2.05) is 68.7 Å². The molecule has 0 aliphatic heterocycles. The fraction of sp³-hybridized carbons (Fsp3) is 0.333. The van der Waals surface area contributed by atoms with Crippen molar-refractivity contribution in [3.05, 3.63) is 71.4 Å². The normalized spacial score (nSPS) is 14.8. The molecule has 1 amide bonds. The zero-order valence-corrected chi connectivity index (χ0v) is 17.2. The lowest BCUT2D eigenvalue weighted by atomic mass is 10.0. The Morgan fingerprint density at radius 1 is 1.17 bits per heavy atom. The van der Waals surface area contributed by atoms with Gasteiger partial charge in [0.05, 0.1) is 24.2 Å². The zero-order valence-electron chi connectivity index (χ0n) is 17.2. The van der Waals surface area contributed by atoms with Crippen LogP contribution in [0.15, 0.2) is 54.6 Å². The molecule has 0 radical (unpaired) electrons. The van der Waals surface area contributed by atoms with Crippen LogP contribution in [0.2, 0.25) is 0 Å². The van der Waals surface area contributed by atoms with E-state index in [1.54, 1.807) is 7.11 Å². The number of nitrogens with one attached hydrogen (secondary N) is 1. The van der Waals surface area contributed by atoms with Crippen LogP contribution in [0.4, 0.5) is 0 Å². The molecule has 1 heterocycles. The third kappa shape index (κ3) is 4.25. The molecule has 5 heteroatoms. The van der Waals surface area contributed by atoms with Crippen molar-refractivity contribution in [3.63, 3.8) is 0 Å². The maximum absolute atomic E-state index is 13.1. The van der Waals surface area contributed by atoms with Crippen LogP contribution in [-0.2, 0) is 0 Å². The smallest absolute Gasteiger partial charge is 0.252 e. The summed E-state index contributed by atoms with van der Waals surface area (Å²) in [5, 5.41) is 4.05. The molecule has 0 spiro atoms. The van der Waals surface area contributed by atoms with Gasteiger partial charge in [0.15, 0.2) is 0 Å². The minimum Gasteiger partial charge on any atom is -0.497 e. The van der Waals surface area contributed by atoms with Gasteiger partial charge in [0.2, 0.25) is 0 Å². The topological polar surface area (TPSA) is 54.5 Å². The van der Waals surface area contributed by atoms with Crippen LogP contribution < -0.4 is 10.1 Å². The first-order valence-corrected chi connectivity index (χ1v) is 10.0. The summed E-state index contributed by atoms with van der Waals surface area (Å²) in [6.07, 6.45) is 2.32. The average Bonchev–Trinajstić information content (AvgIpc) is 3.58. The second kappa shape index (κ2) is 8.21. The van der Waals surface area contributed by atoms with E-state index in [0.717, 1.165) is 40.8 Å². The number of hydrogen-bond acceptors (Lipinski definition) is 4. The first-order valence-electron chi connectivity index (χ1n) is 10.0. The van der Waals surface area contributed by atoms with Crippen LogP contribution in [0.5, 0.6) is 5.75 Å². The summed E-state index contributed by atoms with van der Waals surface area (Å²) < 4.78 is 5.25. The van der Waals surface area contributed by atoms with Crippen LogP contribution in [0.3, 0.4) is 0 Å². The van der Waals surface area contributed by atoms with E-state index in [1.165, 1.54) is 0 Å². The Bertz CT molecular complexity index is 1010. The van der Waals surface area contributed by atoms with E-state index in [9.17, 15) is 4.79 Å². The molecule has 2 aromatic carbocycles. The second-order valence-electron chi connectivity index (χ2n) is 7.85. The van der Waals surface area contributed by atoms with Gasteiger partial charge in [-0.3, -0.25) is 9.78 Å². The van der Waals surface area contributed by atoms with Gasteiger partial charge in [-0.1, -0.05) is 30.3 Å². The number of amides is 1. The molecule has 0 saturated heterocycles. The molecule has 1 aliphatic rings. The largest absolute Gasteiger partial charge is 0.497 e. The molecule has 1 fully saturated rings. The number of carbonyl (C=O) groups is 1. The van der Waals surface area contributed by atoms with Crippen molar-refractivity contribution in [3.8, 4) is 5.75 Å². The lowest BCUT2D eigenvalue weighted by Crippen LogP contribution is -2.34. The van der Waals surface area contributed by atoms with Crippen molar-refractivity contribution in [2.24, 2.45) is 0 Å². The Morgan fingerprint density at radius 3 is 2.55 bits per heavy atom.